The zero-order chi connectivity index (χ0) is 11.7. The number of nitrogens with one attached hydrogen (secondary N) is 1. The van der Waals surface area contributed by atoms with E-state index < -0.39 is 4.92 Å². The topological polar surface area (TPSA) is 85.2 Å². The predicted molar refractivity (Wildman–Crippen MR) is 57.8 cm³/mol. The summed E-state index contributed by atoms with van der Waals surface area (Å²) < 4.78 is 5.00. The lowest BCUT2D eigenvalue weighted by Crippen LogP contribution is -2.05. The molecule has 0 atom stereocenters. The molecule has 0 saturated heterocycles. The van der Waals surface area contributed by atoms with Crippen LogP contribution in [0.2, 0.25) is 0 Å². The van der Waals surface area contributed by atoms with E-state index in [0.717, 1.165) is 0 Å². The van der Waals surface area contributed by atoms with Gasteiger partial charge >= 0.3 is 0 Å². The number of non-ortho nitro benzene ring substituents is 1. The Labute approximate surface area is 89.6 Å². The molecule has 0 fully saturated rings. The van der Waals surface area contributed by atoms with Crippen molar-refractivity contribution in [3.05, 3.63) is 44.7 Å². The number of hydrogen-bond donors (Lipinski definition) is 1. The fourth-order valence-electron chi connectivity index (χ4n) is 1.49. The Bertz CT molecular complexity index is 618. The van der Waals surface area contributed by atoms with Crippen molar-refractivity contribution in [3.8, 4) is 5.75 Å². The van der Waals surface area contributed by atoms with E-state index >= 15 is 0 Å². The molecular weight excluding hydrogens is 212 g/mol. The van der Waals surface area contributed by atoms with Gasteiger partial charge in [-0.3, -0.25) is 14.9 Å². The van der Waals surface area contributed by atoms with E-state index in [2.05, 4.69) is 4.98 Å². The molecule has 1 aromatic heterocycles. The van der Waals surface area contributed by atoms with Crippen LogP contribution >= 0.6 is 0 Å². The summed E-state index contributed by atoms with van der Waals surface area (Å²) in [7, 11) is 1.41. The Morgan fingerprint density at radius 2 is 2.12 bits per heavy atom. The standard InChI is InChI=1S/C10H8N2O4/c1-16-9-5-10(13)11-8-3-2-6(12(14)15)4-7(8)9/h2-5H,1H3,(H,11,13). The first kappa shape index (κ1) is 10.2. The van der Waals surface area contributed by atoms with E-state index in [0.29, 0.717) is 16.7 Å². The second-order valence-corrected chi connectivity index (χ2v) is 3.19. The largest absolute Gasteiger partial charge is 0.496 e. The third-order valence-electron chi connectivity index (χ3n) is 2.22. The van der Waals surface area contributed by atoms with Crippen molar-refractivity contribution < 1.29 is 9.66 Å². The van der Waals surface area contributed by atoms with E-state index in [1.807, 2.05) is 0 Å². The Morgan fingerprint density at radius 3 is 2.75 bits per heavy atom. The minimum atomic E-state index is -0.496. The molecule has 16 heavy (non-hydrogen) atoms. The number of ether oxygens (including phenoxy) is 1. The molecule has 6 nitrogen and oxygen atoms in total. The van der Waals surface area contributed by atoms with Crippen LogP contribution in [0.1, 0.15) is 0 Å². The van der Waals surface area contributed by atoms with Gasteiger partial charge in [0.1, 0.15) is 5.75 Å². The normalized spacial score (nSPS) is 10.3. The molecule has 0 radical (unpaired) electrons. The minimum absolute atomic E-state index is 0.0437. The summed E-state index contributed by atoms with van der Waals surface area (Å²) in [5, 5.41) is 11.1. The second kappa shape index (κ2) is 3.65. The Kier molecular flexibility index (Phi) is 2.32. The Morgan fingerprint density at radius 1 is 1.38 bits per heavy atom. The van der Waals surface area contributed by atoms with Crippen LogP contribution in [0.4, 0.5) is 5.69 Å². The van der Waals surface area contributed by atoms with Gasteiger partial charge < -0.3 is 9.72 Å². The SMILES string of the molecule is COc1cc(=O)[nH]c2ccc([N+](=O)[O-])cc12. The highest BCUT2D eigenvalue weighted by Crippen LogP contribution is 2.25. The van der Waals surface area contributed by atoms with E-state index in [9.17, 15) is 14.9 Å². The lowest BCUT2D eigenvalue weighted by atomic mass is 10.2. The number of aromatic amines is 1. The Hall–Kier alpha value is -2.37. The van der Waals surface area contributed by atoms with Gasteiger partial charge in [-0.2, -0.15) is 0 Å². The molecule has 0 aliphatic carbocycles. The number of methoxy groups -OCH3 is 1. The van der Waals surface area contributed by atoms with Crippen LogP contribution in [0.5, 0.6) is 5.75 Å². The number of nitrogens with zero attached hydrogens (tertiary/aromatic N) is 1. The lowest BCUT2D eigenvalue weighted by molar-refractivity contribution is -0.384. The van der Waals surface area contributed by atoms with Gasteiger partial charge in [-0.15, -0.1) is 0 Å². The van der Waals surface area contributed by atoms with Crippen LogP contribution in [-0.2, 0) is 0 Å². The van der Waals surface area contributed by atoms with E-state index in [4.69, 9.17) is 4.74 Å². The van der Waals surface area contributed by atoms with Crippen molar-refractivity contribution in [2.45, 2.75) is 0 Å². The molecule has 1 heterocycles. The summed E-state index contributed by atoms with van der Waals surface area (Å²) in [6.07, 6.45) is 0. The summed E-state index contributed by atoms with van der Waals surface area (Å²) in [5.41, 5.74) is 0.158. The number of hydrogen-bond acceptors (Lipinski definition) is 4. The molecule has 82 valence electrons. The van der Waals surface area contributed by atoms with Crippen LogP contribution < -0.4 is 10.3 Å². The number of benzene rings is 1. The first-order valence-electron chi connectivity index (χ1n) is 4.47. The molecule has 1 N–H and O–H groups in total. The molecule has 6 heteroatoms. The van der Waals surface area contributed by atoms with Crippen molar-refractivity contribution in [2.75, 3.05) is 7.11 Å². The predicted octanol–water partition coefficient (Wildman–Crippen LogP) is 1.44. The number of H-pyrrole nitrogens is 1. The molecule has 0 spiro atoms. The number of fused-ring (bicyclic) bond motifs is 1. The van der Waals surface area contributed by atoms with Gasteiger partial charge in [-0.25, -0.2) is 0 Å². The first-order valence-corrected chi connectivity index (χ1v) is 4.47. The van der Waals surface area contributed by atoms with Crippen LogP contribution in [0.15, 0.2) is 29.1 Å². The van der Waals surface area contributed by atoms with Gasteiger partial charge in [0.05, 0.1) is 17.5 Å². The third kappa shape index (κ3) is 1.60. The molecule has 0 amide bonds. The van der Waals surface area contributed by atoms with E-state index in [1.54, 1.807) is 0 Å². The fourth-order valence-corrected chi connectivity index (χ4v) is 1.49. The van der Waals surface area contributed by atoms with Crippen molar-refractivity contribution in [1.82, 2.24) is 4.98 Å². The van der Waals surface area contributed by atoms with Crippen molar-refractivity contribution >= 4 is 16.6 Å². The molecule has 1 aromatic carbocycles. The molecule has 0 saturated carbocycles. The molecule has 0 unspecified atom stereocenters. The second-order valence-electron chi connectivity index (χ2n) is 3.19. The minimum Gasteiger partial charge on any atom is -0.496 e. The van der Waals surface area contributed by atoms with E-state index in [-0.39, 0.29) is 11.2 Å². The highest BCUT2D eigenvalue weighted by molar-refractivity contribution is 5.86. The monoisotopic (exact) mass is 220 g/mol. The smallest absolute Gasteiger partial charge is 0.270 e. The van der Waals surface area contributed by atoms with Crippen LogP contribution in [-0.4, -0.2) is 17.0 Å². The van der Waals surface area contributed by atoms with Crippen LogP contribution in [0.3, 0.4) is 0 Å². The highest BCUT2D eigenvalue weighted by atomic mass is 16.6. The van der Waals surface area contributed by atoms with Crippen molar-refractivity contribution in [1.29, 1.82) is 0 Å². The maximum atomic E-state index is 11.2. The van der Waals surface area contributed by atoms with Gasteiger partial charge in [0.2, 0.25) is 0 Å². The number of aromatic nitrogens is 1. The lowest BCUT2D eigenvalue weighted by Gasteiger charge is -2.03. The summed E-state index contributed by atoms with van der Waals surface area (Å²) in [6.45, 7) is 0. The van der Waals surface area contributed by atoms with Gasteiger partial charge in [-0.05, 0) is 6.07 Å². The number of pyridine rings is 1. The highest BCUT2D eigenvalue weighted by Gasteiger charge is 2.10. The van der Waals surface area contributed by atoms with Crippen LogP contribution in [0.25, 0.3) is 10.9 Å². The average Bonchev–Trinajstić information content (AvgIpc) is 2.27. The first-order chi connectivity index (χ1) is 7.61. The summed E-state index contributed by atoms with van der Waals surface area (Å²) >= 11 is 0. The molecule has 2 aromatic rings. The number of nitro benzene ring substituents is 1. The van der Waals surface area contributed by atoms with Gasteiger partial charge in [0, 0.05) is 23.6 Å². The fraction of sp³-hybridized carbons (Fsp3) is 0.100. The number of rotatable bonds is 2. The summed E-state index contributed by atoms with van der Waals surface area (Å²) in [6, 6.07) is 5.44. The molecule has 0 aliphatic heterocycles. The maximum Gasteiger partial charge on any atom is 0.270 e. The average molecular weight is 220 g/mol. The molecule has 2 rings (SSSR count). The van der Waals surface area contributed by atoms with Crippen LogP contribution in [0, 0.1) is 10.1 Å². The molecule has 0 bridgehead atoms. The quantitative estimate of drug-likeness (QED) is 0.613. The summed E-state index contributed by atoms with van der Waals surface area (Å²) in [5.74, 6) is 0.322. The Balaban J connectivity index is 2.81. The zero-order valence-electron chi connectivity index (χ0n) is 8.39. The van der Waals surface area contributed by atoms with Gasteiger partial charge in [0.25, 0.3) is 11.2 Å². The zero-order valence-corrected chi connectivity index (χ0v) is 8.39. The number of nitro groups is 1. The summed E-state index contributed by atoms with van der Waals surface area (Å²) in [4.78, 5) is 23.9. The van der Waals surface area contributed by atoms with E-state index in [1.165, 1.54) is 31.4 Å². The molecular formula is C10H8N2O4. The molecule has 0 aliphatic rings. The van der Waals surface area contributed by atoms with Gasteiger partial charge in [0.15, 0.2) is 0 Å². The third-order valence-corrected chi connectivity index (χ3v) is 2.22. The van der Waals surface area contributed by atoms with Gasteiger partial charge in [-0.1, -0.05) is 0 Å². The maximum absolute atomic E-state index is 11.2. The van der Waals surface area contributed by atoms with Crippen molar-refractivity contribution in [2.24, 2.45) is 0 Å². The van der Waals surface area contributed by atoms with Crippen molar-refractivity contribution in [3.63, 3.8) is 0 Å².